The molecule has 1 aromatic carbocycles. The first kappa shape index (κ1) is 13.7. The van der Waals surface area contributed by atoms with Crippen LogP contribution in [0.25, 0.3) is 0 Å². The lowest BCUT2D eigenvalue weighted by Gasteiger charge is -2.32. The Morgan fingerprint density at radius 3 is 2.79 bits per heavy atom. The Balaban J connectivity index is 1.90. The lowest BCUT2D eigenvalue weighted by molar-refractivity contribution is -0.130. The SMILES string of the molecule is CC1C(=O)NCCN1CC(=O)Cc1ccc(F)cc1. The van der Waals surface area contributed by atoms with Gasteiger partial charge in [0.2, 0.25) is 5.91 Å². The van der Waals surface area contributed by atoms with Crippen LogP contribution in [0, 0.1) is 5.82 Å². The molecule has 0 radical (unpaired) electrons. The molecule has 102 valence electrons. The zero-order chi connectivity index (χ0) is 13.8. The van der Waals surface area contributed by atoms with Gasteiger partial charge in [-0.25, -0.2) is 4.39 Å². The summed E-state index contributed by atoms with van der Waals surface area (Å²) in [6, 6.07) is 5.64. The molecule has 1 aliphatic heterocycles. The monoisotopic (exact) mass is 264 g/mol. The highest BCUT2D eigenvalue weighted by Crippen LogP contribution is 2.07. The molecule has 0 bridgehead atoms. The molecule has 1 atom stereocenters. The third kappa shape index (κ3) is 3.61. The average molecular weight is 264 g/mol. The lowest BCUT2D eigenvalue weighted by Crippen LogP contribution is -2.55. The van der Waals surface area contributed by atoms with Crippen molar-refractivity contribution in [1.29, 1.82) is 0 Å². The molecule has 1 N–H and O–H groups in total. The number of halogens is 1. The van der Waals surface area contributed by atoms with E-state index in [0.717, 1.165) is 5.56 Å². The van der Waals surface area contributed by atoms with Crippen molar-refractivity contribution in [2.75, 3.05) is 19.6 Å². The van der Waals surface area contributed by atoms with Crippen LogP contribution >= 0.6 is 0 Å². The Morgan fingerprint density at radius 2 is 2.11 bits per heavy atom. The van der Waals surface area contributed by atoms with Crippen molar-refractivity contribution in [3.05, 3.63) is 35.6 Å². The van der Waals surface area contributed by atoms with E-state index in [0.29, 0.717) is 13.1 Å². The molecule has 1 fully saturated rings. The largest absolute Gasteiger partial charge is 0.353 e. The van der Waals surface area contributed by atoms with Crippen LogP contribution in [0.4, 0.5) is 4.39 Å². The van der Waals surface area contributed by atoms with Crippen molar-refractivity contribution in [1.82, 2.24) is 10.2 Å². The van der Waals surface area contributed by atoms with Crippen LogP contribution in [0.2, 0.25) is 0 Å². The molecule has 5 heteroatoms. The van der Waals surface area contributed by atoms with Gasteiger partial charge in [-0.15, -0.1) is 0 Å². The highest BCUT2D eigenvalue weighted by molar-refractivity contribution is 5.85. The minimum atomic E-state index is -0.308. The maximum Gasteiger partial charge on any atom is 0.237 e. The predicted octanol–water partition coefficient (Wildman–Crippen LogP) is 0.758. The van der Waals surface area contributed by atoms with Crippen molar-refractivity contribution in [3.63, 3.8) is 0 Å². The van der Waals surface area contributed by atoms with E-state index in [1.54, 1.807) is 19.1 Å². The summed E-state index contributed by atoms with van der Waals surface area (Å²) < 4.78 is 12.8. The molecule has 1 amide bonds. The van der Waals surface area contributed by atoms with E-state index >= 15 is 0 Å². The zero-order valence-electron chi connectivity index (χ0n) is 10.9. The molecule has 1 aliphatic rings. The molecule has 4 nitrogen and oxygen atoms in total. The molecule has 1 saturated heterocycles. The maximum absolute atomic E-state index is 12.8. The van der Waals surface area contributed by atoms with Gasteiger partial charge in [0.1, 0.15) is 5.82 Å². The maximum atomic E-state index is 12.8. The van der Waals surface area contributed by atoms with Gasteiger partial charge in [-0.05, 0) is 24.6 Å². The third-order valence-electron chi connectivity index (χ3n) is 3.32. The van der Waals surface area contributed by atoms with Gasteiger partial charge in [0, 0.05) is 19.5 Å². The first-order valence-electron chi connectivity index (χ1n) is 6.34. The predicted molar refractivity (Wildman–Crippen MR) is 69.2 cm³/mol. The Morgan fingerprint density at radius 1 is 1.42 bits per heavy atom. The number of nitrogens with one attached hydrogen (secondary N) is 1. The second-order valence-corrected chi connectivity index (χ2v) is 4.78. The number of ketones is 1. The van der Waals surface area contributed by atoms with E-state index in [1.807, 2.05) is 4.90 Å². The van der Waals surface area contributed by atoms with Crippen molar-refractivity contribution in [3.8, 4) is 0 Å². The summed E-state index contributed by atoms with van der Waals surface area (Å²) in [5, 5.41) is 2.76. The molecule has 0 spiro atoms. The fourth-order valence-electron chi connectivity index (χ4n) is 2.16. The average Bonchev–Trinajstić information content (AvgIpc) is 2.38. The summed E-state index contributed by atoms with van der Waals surface area (Å²) in [5.74, 6) is -0.313. The molecular formula is C14H17FN2O2. The summed E-state index contributed by atoms with van der Waals surface area (Å²) in [7, 11) is 0. The molecular weight excluding hydrogens is 247 g/mol. The van der Waals surface area contributed by atoms with Gasteiger partial charge in [-0.2, -0.15) is 0 Å². The topological polar surface area (TPSA) is 49.4 Å². The highest BCUT2D eigenvalue weighted by Gasteiger charge is 2.26. The summed E-state index contributed by atoms with van der Waals surface area (Å²) >= 11 is 0. The Labute approximate surface area is 111 Å². The summed E-state index contributed by atoms with van der Waals surface area (Å²) in [5.41, 5.74) is 0.792. The number of Topliss-reactive ketones (excluding diaryl/α,β-unsaturated/α-hetero) is 1. The van der Waals surface area contributed by atoms with Crippen molar-refractivity contribution in [2.24, 2.45) is 0 Å². The van der Waals surface area contributed by atoms with Gasteiger partial charge in [0.25, 0.3) is 0 Å². The fourth-order valence-corrected chi connectivity index (χ4v) is 2.16. The summed E-state index contributed by atoms with van der Waals surface area (Å²) in [6.07, 6.45) is 0.269. The second kappa shape index (κ2) is 5.93. The van der Waals surface area contributed by atoms with E-state index in [2.05, 4.69) is 5.32 Å². The van der Waals surface area contributed by atoms with E-state index in [4.69, 9.17) is 0 Å². The number of amides is 1. The normalized spacial score (nSPS) is 20.1. The second-order valence-electron chi connectivity index (χ2n) is 4.78. The van der Waals surface area contributed by atoms with Crippen molar-refractivity contribution in [2.45, 2.75) is 19.4 Å². The number of carbonyl (C=O) groups excluding carboxylic acids is 2. The standard InChI is InChI=1S/C14H17FN2O2/c1-10-14(19)16-6-7-17(10)9-13(18)8-11-2-4-12(15)5-3-11/h2-5,10H,6-9H2,1H3,(H,16,19). The van der Waals surface area contributed by atoms with Gasteiger partial charge in [-0.1, -0.05) is 12.1 Å². The quantitative estimate of drug-likeness (QED) is 0.873. The van der Waals surface area contributed by atoms with Crippen LogP contribution in [0.15, 0.2) is 24.3 Å². The molecule has 1 unspecified atom stereocenters. The molecule has 19 heavy (non-hydrogen) atoms. The molecule has 0 saturated carbocycles. The van der Waals surface area contributed by atoms with Crippen LogP contribution in [-0.2, 0) is 16.0 Å². The lowest BCUT2D eigenvalue weighted by atomic mass is 10.1. The zero-order valence-corrected chi connectivity index (χ0v) is 10.9. The number of hydrogen-bond donors (Lipinski definition) is 1. The molecule has 2 rings (SSSR count). The van der Waals surface area contributed by atoms with E-state index in [1.165, 1.54) is 12.1 Å². The minimum Gasteiger partial charge on any atom is -0.353 e. The molecule has 0 aromatic heterocycles. The van der Waals surface area contributed by atoms with E-state index in [-0.39, 0.29) is 36.5 Å². The molecule has 1 aromatic rings. The van der Waals surface area contributed by atoms with E-state index in [9.17, 15) is 14.0 Å². The summed E-state index contributed by atoms with van der Waals surface area (Å²) in [4.78, 5) is 25.3. The van der Waals surface area contributed by atoms with Crippen LogP contribution in [-0.4, -0.2) is 42.3 Å². The van der Waals surface area contributed by atoms with Gasteiger partial charge < -0.3 is 5.32 Å². The fraction of sp³-hybridized carbons (Fsp3) is 0.429. The number of carbonyl (C=O) groups is 2. The molecule has 0 aliphatic carbocycles. The molecule has 1 heterocycles. The van der Waals surface area contributed by atoms with Gasteiger partial charge in [0.15, 0.2) is 5.78 Å². The van der Waals surface area contributed by atoms with E-state index < -0.39 is 0 Å². The minimum absolute atomic E-state index is 0.0353. The van der Waals surface area contributed by atoms with Gasteiger partial charge in [-0.3, -0.25) is 14.5 Å². The number of hydrogen-bond acceptors (Lipinski definition) is 3. The van der Waals surface area contributed by atoms with Crippen LogP contribution in [0.1, 0.15) is 12.5 Å². The number of piperazine rings is 1. The Hall–Kier alpha value is -1.75. The van der Waals surface area contributed by atoms with Gasteiger partial charge in [0.05, 0.1) is 12.6 Å². The Bertz CT molecular complexity index is 473. The number of nitrogens with zero attached hydrogens (tertiary/aromatic N) is 1. The van der Waals surface area contributed by atoms with Crippen LogP contribution in [0.3, 0.4) is 0 Å². The number of rotatable bonds is 4. The first-order valence-corrected chi connectivity index (χ1v) is 6.34. The summed E-state index contributed by atoms with van der Waals surface area (Å²) in [6.45, 7) is 3.31. The smallest absolute Gasteiger partial charge is 0.237 e. The van der Waals surface area contributed by atoms with Crippen LogP contribution in [0.5, 0.6) is 0 Å². The number of benzene rings is 1. The van der Waals surface area contributed by atoms with Gasteiger partial charge >= 0.3 is 0 Å². The Kier molecular flexibility index (Phi) is 4.27. The van der Waals surface area contributed by atoms with Crippen LogP contribution < -0.4 is 5.32 Å². The third-order valence-corrected chi connectivity index (χ3v) is 3.32. The highest BCUT2D eigenvalue weighted by atomic mass is 19.1. The van der Waals surface area contributed by atoms with Crippen molar-refractivity contribution < 1.29 is 14.0 Å². The van der Waals surface area contributed by atoms with Crippen molar-refractivity contribution >= 4 is 11.7 Å². The first-order chi connectivity index (χ1) is 9.06.